The molecule has 0 radical (unpaired) electrons. The van der Waals surface area contributed by atoms with Crippen molar-refractivity contribution in [2.45, 2.75) is 181 Å². The third kappa shape index (κ3) is 17.5. The predicted octanol–water partition coefficient (Wildman–Crippen LogP) is 3.51. The molecule has 6 rings (SSSR count). The van der Waals surface area contributed by atoms with Crippen molar-refractivity contribution in [3.63, 3.8) is 0 Å². The topological polar surface area (TPSA) is 220 Å². The van der Waals surface area contributed by atoms with E-state index < -0.39 is 23.4 Å². The second-order valence-electron chi connectivity index (χ2n) is 20.7. The number of hydrogen-bond acceptors (Lipinski definition) is 18. The van der Waals surface area contributed by atoms with Gasteiger partial charge in [-0.1, -0.05) is 33.1 Å². The minimum absolute atomic E-state index is 0. The molecular formula is C49H80N8NaO10S2-. The van der Waals surface area contributed by atoms with Crippen molar-refractivity contribution >= 4 is 55.0 Å². The van der Waals surface area contributed by atoms with Crippen LogP contribution in [0.2, 0.25) is 0 Å². The van der Waals surface area contributed by atoms with Crippen LogP contribution in [0.4, 0.5) is 21.2 Å². The molecule has 5 atom stereocenters. The summed E-state index contributed by atoms with van der Waals surface area (Å²) in [5.41, 5.74) is -0.351. The SMILES string of the molecule is CCCCC(CC)COC(=O)CCSc1cnc(N2CCC3(CC2)CO[C@@H](C)[C@H]3NC(=O)OC(C)(C)C)c(CO)n1.C[C@@H]1OCC2(CCN(c3nc[c-]nc3CO)CC2)[C@@H]1NC(=O)OC(C)(C)C.[Na+].[SH-]. The number of thiol groups is 1. The fourth-order valence-electron chi connectivity index (χ4n) is 9.57. The first kappa shape index (κ1) is 61.6. The molecule has 0 bridgehead atoms. The molecule has 0 saturated carbocycles. The summed E-state index contributed by atoms with van der Waals surface area (Å²) in [6.07, 6.45) is 12.9. The minimum atomic E-state index is -0.567. The van der Waals surface area contributed by atoms with Gasteiger partial charge in [0.1, 0.15) is 21.9 Å². The Morgan fingerprint density at radius 1 is 0.843 bits per heavy atom. The Labute approximate surface area is 449 Å². The van der Waals surface area contributed by atoms with Gasteiger partial charge in [-0.05, 0) is 105 Å². The molecule has 4 saturated heterocycles. The van der Waals surface area contributed by atoms with E-state index in [4.69, 9.17) is 23.7 Å². The van der Waals surface area contributed by atoms with Gasteiger partial charge in [0.2, 0.25) is 0 Å². The van der Waals surface area contributed by atoms with Crippen LogP contribution < -0.4 is 50.0 Å². The Balaban J connectivity index is 0.000000388. The summed E-state index contributed by atoms with van der Waals surface area (Å²) in [5, 5.41) is 26.4. The van der Waals surface area contributed by atoms with Gasteiger partial charge in [0.15, 0.2) is 5.82 Å². The molecule has 4 N–H and O–H groups in total. The normalized spacial score (nSPS) is 21.9. The number of amides is 2. The number of esters is 1. The molecule has 390 valence electrons. The Bertz CT molecular complexity index is 1950. The Morgan fingerprint density at radius 3 is 1.80 bits per heavy atom. The Hall–Kier alpha value is -2.69. The van der Waals surface area contributed by atoms with Crippen molar-refractivity contribution in [3.05, 3.63) is 30.0 Å². The number of rotatable bonds is 16. The monoisotopic (exact) mass is 1030 g/mol. The van der Waals surface area contributed by atoms with Gasteiger partial charge < -0.3 is 72.8 Å². The number of carbonyl (C=O) groups excluding carboxylic acids is 3. The molecule has 0 aliphatic carbocycles. The van der Waals surface area contributed by atoms with Gasteiger partial charge in [0, 0.05) is 49.4 Å². The Morgan fingerprint density at radius 2 is 1.34 bits per heavy atom. The average molecular weight is 1030 g/mol. The number of aliphatic hydroxyl groups is 2. The minimum Gasteiger partial charge on any atom is -0.813 e. The zero-order valence-electron chi connectivity index (χ0n) is 43.7. The number of alkyl carbamates (subject to hydrolysis) is 2. The summed E-state index contributed by atoms with van der Waals surface area (Å²) >= 11 is 1.44. The number of anilines is 2. The van der Waals surface area contributed by atoms with Crippen molar-refractivity contribution in [3.8, 4) is 0 Å². The van der Waals surface area contributed by atoms with Crippen LogP contribution in [-0.4, -0.2) is 136 Å². The third-order valence-electron chi connectivity index (χ3n) is 13.4. The zero-order valence-corrected chi connectivity index (χ0v) is 47.4. The van der Waals surface area contributed by atoms with Crippen LogP contribution in [0.25, 0.3) is 0 Å². The summed E-state index contributed by atoms with van der Waals surface area (Å²) < 4.78 is 28.4. The fraction of sp³-hybridized carbons (Fsp3) is 0.776. The molecule has 2 spiro atoms. The van der Waals surface area contributed by atoms with Crippen molar-refractivity contribution < 1.29 is 77.8 Å². The second kappa shape index (κ2) is 28.1. The van der Waals surface area contributed by atoms with Crippen molar-refractivity contribution in [2.75, 3.05) is 61.6 Å². The van der Waals surface area contributed by atoms with Gasteiger partial charge in [-0.15, -0.1) is 18.0 Å². The van der Waals surface area contributed by atoms with Crippen molar-refractivity contribution in [2.24, 2.45) is 16.7 Å². The number of nitrogens with one attached hydrogen (secondary N) is 2. The quantitative estimate of drug-likeness (QED) is 0.0360. The van der Waals surface area contributed by atoms with E-state index in [2.05, 4.69) is 60.4 Å². The van der Waals surface area contributed by atoms with Crippen LogP contribution in [-0.2, 0) is 55.2 Å². The first-order valence-corrected chi connectivity index (χ1v) is 25.5. The second-order valence-corrected chi connectivity index (χ2v) is 21.9. The van der Waals surface area contributed by atoms with E-state index >= 15 is 0 Å². The number of unbranched alkanes of at least 4 members (excludes halogenated alkanes) is 1. The van der Waals surface area contributed by atoms with E-state index in [1.807, 2.05) is 55.4 Å². The van der Waals surface area contributed by atoms with Crippen LogP contribution in [0.1, 0.15) is 138 Å². The number of thioether (sulfide) groups is 1. The van der Waals surface area contributed by atoms with Crippen LogP contribution in [0.3, 0.4) is 0 Å². The number of aromatic nitrogens is 4. The van der Waals surface area contributed by atoms with E-state index in [1.165, 1.54) is 18.0 Å². The van der Waals surface area contributed by atoms with E-state index in [0.29, 0.717) is 79.1 Å². The number of piperidine rings is 2. The Kier molecular flexibility index (Phi) is 24.7. The maximum absolute atomic E-state index is 12.5. The number of aliphatic hydroxyl groups excluding tert-OH is 2. The largest absolute Gasteiger partial charge is 1.00 e. The van der Waals surface area contributed by atoms with Gasteiger partial charge in [0.05, 0.1) is 69.2 Å². The summed E-state index contributed by atoms with van der Waals surface area (Å²) in [5.74, 6) is 2.16. The van der Waals surface area contributed by atoms with Crippen molar-refractivity contribution in [1.82, 2.24) is 30.6 Å². The molecule has 21 heteroatoms. The zero-order chi connectivity index (χ0) is 49.7. The van der Waals surface area contributed by atoms with Crippen LogP contribution >= 0.6 is 11.8 Å². The number of ether oxygens (including phenoxy) is 5. The number of hydrogen-bond donors (Lipinski definition) is 4. The van der Waals surface area contributed by atoms with E-state index in [9.17, 15) is 24.6 Å². The van der Waals surface area contributed by atoms with Gasteiger partial charge in [-0.3, -0.25) is 9.78 Å². The van der Waals surface area contributed by atoms with E-state index in [1.54, 1.807) is 6.20 Å². The van der Waals surface area contributed by atoms with Gasteiger partial charge in [-0.25, -0.2) is 19.6 Å². The number of nitrogens with zero attached hydrogens (tertiary/aromatic N) is 6. The maximum Gasteiger partial charge on any atom is 1.00 e. The molecule has 70 heavy (non-hydrogen) atoms. The first-order chi connectivity index (χ1) is 32.2. The average Bonchev–Trinajstić information content (AvgIpc) is 3.75. The molecule has 4 aliphatic heterocycles. The molecular weight excluding hydrogens is 948 g/mol. The molecule has 4 fully saturated rings. The maximum atomic E-state index is 12.5. The molecule has 2 amide bonds. The van der Waals surface area contributed by atoms with E-state index in [0.717, 1.165) is 64.5 Å². The predicted molar refractivity (Wildman–Crippen MR) is 268 cm³/mol. The summed E-state index contributed by atoms with van der Waals surface area (Å²) in [6, 6.07) is -0.237. The summed E-state index contributed by atoms with van der Waals surface area (Å²) in [6.45, 7) is 23.6. The molecule has 6 heterocycles. The van der Waals surface area contributed by atoms with E-state index in [-0.39, 0.29) is 97.4 Å². The standard InChI is InChI=1S/C30H50N4O6S.C19H29N4O4.Na.H2S/c1-7-9-10-22(8-2)19-38-25(36)11-16-41-24-17-31-27(23(18-35)32-24)34-14-12-30(13-15-34)20-39-21(3)26(30)33-28(37)40-29(4,5)6;1-13-15(22-17(25)27-18(2,3)4)19(12-26-13)5-9-23(10-6-19)16-14(11-24)20-7-8-21-16;;/h17,21-22,26,35H,7-16,18-20H2,1-6H3,(H,33,37);8,13,15,24H,5-6,9-12H2,1-4H3,(H,22,25);;1H2/q;-1;+1;/p-1/t21-,22?,26+;13-,15+;;/m00../s1. The molecule has 18 nitrogen and oxygen atoms in total. The van der Waals surface area contributed by atoms with Crippen molar-refractivity contribution in [1.29, 1.82) is 0 Å². The van der Waals surface area contributed by atoms with Crippen LogP contribution in [0, 0.1) is 22.9 Å². The first-order valence-electron chi connectivity index (χ1n) is 24.5. The van der Waals surface area contributed by atoms with Gasteiger partial charge in [-0.2, -0.15) is 0 Å². The molecule has 2 aromatic rings. The molecule has 4 aliphatic rings. The molecule has 0 aromatic carbocycles. The van der Waals surface area contributed by atoms with Gasteiger partial charge >= 0.3 is 47.7 Å². The fourth-order valence-corrected chi connectivity index (χ4v) is 10.3. The summed E-state index contributed by atoms with van der Waals surface area (Å²) in [7, 11) is 0. The summed E-state index contributed by atoms with van der Waals surface area (Å²) in [4.78, 5) is 59.0. The van der Waals surface area contributed by atoms with Crippen LogP contribution in [0.15, 0.2) is 17.4 Å². The van der Waals surface area contributed by atoms with Crippen LogP contribution in [0.5, 0.6) is 0 Å². The smallest absolute Gasteiger partial charge is 0.813 e. The molecule has 2 aromatic heterocycles. The van der Waals surface area contributed by atoms with Gasteiger partial charge in [0.25, 0.3) is 0 Å². The number of carbonyl (C=O) groups is 3. The third-order valence-corrected chi connectivity index (χ3v) is 14.3. The molecule has 1 unspecified atom stereocenters.